The molecule has 0 bridgehead atoms. The molecule has 3 aromatic rings. The Balaban J connectivity index is 1.78. The molecule has 0 fully saturated rings. The van der Waals surface area contributed by atoms with E-state index in [1.165, 1.54) is 17.6 Å². The first-order valence-corrected chi connectivity index (χ1v) is 9.07. The van der Waals surface area contributed by atoms with E-state index in [4.69, 9.17) is 9.15 Å². The number of hydrazone groups is 1. The van der Waals surface area contributed by atoms with Gasteiger partial charge in [0, 0.05) is 0 Å². The van der Waals surface area contributed by atoms with Crippen LogP contribution in [0.3, 0.4) is 0 Å². The number of furan rings is 1. The van der Waals surface area contributed by atoms with Crippen LogP contribution < -0.4 is 10.2 Å². The number of carbonyl (C=O) groups excluding carboxylic acids is 1. The van der Waals surface area contributed by atoms with E-state index in [2.05, 4.69) is 22.4 Å². The van der Waals surface area contributed by atoms with Crippen molar-refractivity contribution in [3.8, 4) is 16.3 Å². The van der Waals surface area contributed by atoms with Crippen LogP contribution in [0.25, 0.3) is 10.6 Å². The lowest BCUT2D eigenvalue weighted by atomic mass is 10.2. The van der Waals surface area contributed by atoms with Gasteiger partial charge >= 0.3 is 0 Å². The van der Waals surface area contributed by atoms with Crippen LogP contribution in [0.2, 0.25) is 0 Å². The molecule has 0 radical (unpaired) electrons. The summed E-state index contributed by atoms with van der Waals surface area (Å²) in [5.74, 6) is 1.03. The Bertz CT molecular complexity index is 901. The molecule has 7 heteroatoms. The highest BCUT2D eigenvalue weighted by atomic mass is 32.1. The molecule has 0 atom stereocenters. The van der Waals surface area contributed by atoms with Crippen molar-refractivity contribution in [2.24, 2.45) is 5.10 Å². The number of benzene rings is 1. The minimum Gasteiger partial charge on any atom is -0.493 e. The van der Waals surface area contributed by atoms with Gasteiger partial charge in [-0.15, -0.1) is 11.3 Å². The maximum Gasteiger partial charge on any atom is 0.283 e. The Morgan fingerprint density at radius 1 is 1.35 bits per heavy atom. The molecule has 0 aliphatic heterocycles. The Kier molecular flexibility index (Phi) is 5.80. The van der Waals surface area contributed by atoms with Gasteiger partial charge in [0.15, 0.2) is 0 Å². The van der Waals surface area contributed by atoms with Gasteiger partial charge in [-0.1, -0.05) is 19.1 Å². The average Bonchev–Trinajstić information content (AvgIpc) is 3.30. The van der Waals surface area contributed by atoms with Gasteiger partial charge in [-0.25, -0.2) is 10.4 Å². The summed E-state index contributed by atoms with van der Waals surface area (Å²) < 4.78 is 10.9. The Morgan fingerprint density at radius 3 is 2.96 bits per heavy atom. The first-order valence-electron chi connectivity index (χ1n) is 8.25. The fourth-order valence-electron chi connectivity index (χ4n) is 2.27. The lowest BCUT2D eigenvalue weighted by Gasteiger charge is -2.08. The van der Waals surface area contributed by atoms with Crippen LogP contribution in [0, 0.1) is 6.92 Å². The fourth-order valence-corrected chi connectivity index (χ4v) is 3.26. The summed E-state index contributed by atoms with van der Waals surface area (Å²) in [6, 6.07) is 11.2. The Morgan fingerprint density at radius 2 is 2.19 bits per heavy atom. The maximum absolute atomic E-state index is 12.4. The lowest BCUT2D eigenvalue weighted by molar-refractivity contribution is 0.0958. The molecule has 1 aromatic carbocycles. The first kappa shape index (κ1) is 17.9. The summed E-state index contributed by atoms with van der Waals surface area (Å²) in [7, 11) is 0. The van der Waals surface area contributed by atoms with Crippen LogP contribution in [-0.2, 0) is 0 Å². The first-order chi connectivity index (χ1) is 12.7. The van der Waals surface area contributed by atoms with Crippen molar-refractivity contribution in [3.63, 3.8) is 0 Å². The van der Waals surface area contributed by atoms with E-state index in [1.54, 1.807) is 25.3 Å². The number of carbonyl (C=O) groups is 1. The van der Waals surface area contributed by atoms with Gasteiger partial charge in [-0.2, -0.15) is 5.10 Å². The molecule has 0 saturated carbocycles. The number of aromatic nitrogens is 1. The third-order valence-electron chi connectivity index (χ3n) is 3.48. The summed E-state index contributed by atoms with van der Waals surface area (Å²) in [6.45, 7) is 4.50. The molecule has 0 saturated heterocycles. The third kappa shape index (κ3) is 4.18. The van der Waals surface area contributed by atoms with Crippen LogP contribution in [0.5, 0.6) is 5.75 Å². The Hall–Kier alpha value is -2.93. The summed E-state index contributed by atoms with van der Waals surface area (Å²) in [6.07, 6.45) is 3.91. The molecule has 1 N–H and O–H groups in total. The highest BCUT2D eigenvalue weighted by Gasteiger charge is 2.18. The van der Waals surface area contributed by atoms with E-state index < -0.39 is 0 Å². The van der Waals surface area contributed by atoms with E-state index in [1.807, 2.05) is 24.3 Å². The maximum atomic E-state index is 12.4. The summed E-state index contributed by atoms with van der Waals surface area (Å²) in [4.78, 5) is 17.4. The lowest BCUT2D eigenvalue weighted by Crippen LogP contribution is -2.17. The van der Waals surface area contributed by atoms with Crippen molar-refractivity contribution in [2.75, 3.05) is 6.61 Å². The minimum absolute atomic E-state index is 0.305. The minimum atomic E-state index is -0.305. The predicted molar refractivity (Wildman–Crippen MR) is 102 cm³/mol. The number of hydrogen-bond acceptors (Lipinski definition) is 6. The molecule has 0 aliphatic carbocycles. The Labute approximate surface area is 155 Å². The molecule has 3 rings (SSSR count). The number of aryl methyl sites for hydroxylation is 1. The molecule has 26 heavy (non-hydrogen) atoms. The molecule has 0 spiro atoms. The SMILES string of the molecule is CCCOc1ccccc1-c1nc(C)c(C(=O)N/N=C/c2ccco2)s1. The number of rotatable bonds is 7. The zero-order valence-corrected chi connectivity index (χ0v) is 15.4. The third-order valence-corrected chi connectivity index (χ3v) is 4.67. The highest BCUT2D eigenvalue weighted by molar-refractivity contribution is 7.17. The van der Waals surface area contributed by atoms with Crippen LogP contribution >= 0.6 is 11.3 Å². The predicted octanol–water partition coefficient (Wildman–Crippen LogP) is 4.26. The second-order valence-corrected chi connectivity index (χ2v) is 6.49. The molecule has 1 amide bonds. The number of thiazole rings is 1. The van der Waals surface area contributed by atoms with Gasteiger partial charge in [0.1, 0.15) is 21.4 Å². The average molecular weight is 369 g/mol. The zero-order chi connectivity index (χ0) is 18.4. The number of amides is 1. The van der Waals surface area contributed by atoms with E-state index in [0.29, 0.717) is 22.9 Å². The van der Waals surface area contributed by atoms with Crippen LogP contribution in [0.1, 0.15) is 34.5 Å². The fraction of sp³-hybridized carbons (Fsp3) is 0.211. The van der Waals surface area contributed by atoms with Crippen molar-refractivity contribution in [1.82, 2.24) is 10.4 Å². The second-order valence-electron chi connectivity index (χ2n) is 5.49. The van der Waals surface area contributed by atoms with Crippen molar-refractivity contribution in [1.29, 1.82) is 0 Å². The van der Waals surface area contributed by atoms with E-state index >= 15 is 0 Å². The number of para-hydroxylation sites is 1. The highest BCUT2D eigenvalue weighted by Crippen LogP contribution is 2.34. The molecule has 0 unspecified atom stereocenters. The van der Waals surface area contributed by atoms with Crippen molar-refractivity contribution in [3.05, 3.63) is 59.0 Å². The molecule has 0 aliphatic rings. The molecular weight excluding hydrogens is 350 g/mol. The normalized spacial score (nSPS) is 11.0. The van der Waals surface area contributed by atoms with Crippen molar-refractivity contribution in [2.45, 2.75) is 20.3 Å². The molecule has 134 valence electrons. The van der Waals surface area contributed by atoms with Gasteiger partial charge in [0.2, 0.25) is 0 Å². The van der Waals surface area contributed by atoms with Gasteiger partial charge in [-0.05, 0) is 37.6 Å². The summed E-state index contributed by atoms with van der Waals surface area (Å²) in [5.41, 5.74) is 4.04. The van der Waals surface area contributed by atoms with Crippen LogP contribution in [0.15, 0.2) is 52.2 Å². The van der Waals surface area contributed by atoms with Gasteiger partial charge < -0.3 is 9.15 Å². The number of nitrogens with one attached hydrogen (secondary N) is 1. The summed E-state index contributed by atoms with van der Waals surface area (Å²) >= 11 is 1.32. The number of ether oxygens (including phenoxy) is 1. The standard InChI is InChI=1S/C19H19N3O3S/c1-3-10-25-16-9-5-4-8-15(16)19-21-13(2)17(26-19)18(23)22-20-12-14-7-6-11-24-14/h4-9,11-12H,3,10H2,1-2H3,(H,22,23)/b20-12+. The van der Waals surface area contributed by atoms with E-state index in [-0.39, 0.29) is 5.91 Å². The van der Waals surface area contributed by atoms with Gasteiger partial charge in [0.05, 0.1) is 30.3 Å². The molecule has 2 aromatic heterocycles. The number of hydrogen-bond donors (Lipinski definition) is 1. The molecule has 2 heterocycles. The molecule has 6 nitrogen and oxygen atoms in total. The van der Waals surface area contributed by atoms with Crippen molar-refractivity contribution >= 4 is 23.5 Å². The van der Waals surface area contributed by atoms with E-state index in [9.17, 15) is 4.79 Å². The van der Waals surface area contributed by atoms with E-state index in [0.717, 1.165) is 22.7 Å². The topological polar surface area (TPSA) is 76.7 Å². The number of nitrogens with zero attached hydrogens (tertiary/aromatic N) is 2. The van der Waals surface area contributed by atoms with Gasteiger partial charge in [-0.3, -0.25) is 4.79 Å². The largest absolute Gasteiger partial charge is 0.493 e. The van der Waals surface area contributed by atoms with Crippen molar-refractivity contribution < 1.29 is 13.9 Å². The quantitative estimate of drug-likeness (QED) is 0.498. The zero-order valence-electron chi connectivity index (χ0n) is 14.6. The second kappa shape index (κ2) is 8.44. The van der Waals surface area contributed by atoms with Crippen LogP contribution in [-0.4, -0.2) is 23.7 Å². The smallest absolute Gasteiger partial charge is 0.283 e. The summed E-state index contributed by atoms with van der Waals surface area (Å²) in [5, 5.41) is 4.65. The monoisotopic (exact) mass is 369 g/mol. The van der Waals surface area contributed by atoms with Crippen LogP contribution in [0.4, 0.5) is 0 Å². The molecular formula is C19H19N3O3S. The van der Waals surface area contributed by atoms with Gasteiger partial charge in [0.25, 0.3) is 5.91 Å².